The highest BCUT2D eigenvalue weighted by molar-refractivity contribution is 7.13. The van der Waals surface area contributed by atoms with Crippen LogP contribution in [-0.4, -0.2) is 20.2 Å². The third-order valence-electron chi connectivity index (χ3n) is 3.22. The summed E-state index contributed by atoms with van der Waals surface area (Å²) >= 11 is 1.69. The Labute approximate surface area is 143 Å². The molecule has 7 heteroatoms. The van der Waals surface area contributed by atoms with Gasteiger partial charge in [0.15, 0.2) is 0 Å². The molecule has 0 saturated heterocycles. The highest BCUT2D eigenvalue weighted by Crippen LogP contribution is 2.31. The molecular weight excluding hydrogens is 339 g/mol. The van der Waals surface area contributed by atoms with E-state index in [9.17, 15) is 0 Å². The van der Waals surface area contributed by atoms with Crippen molar-refractivity contribution in [3.05, 3.63) is 54.4 Å². The first kappa shape index (κ1) is 16.4. The van der Waals surface area contributed by atoms with E-state index >= 15 is 0 Å². The van der Waals surface area contributed by atoms with Crippen LogP contribution in [0.2, 0.25) is 0 Å². The third kappa shape index (κ3) is 2.83. The van der Waals surface area contributed by atoms with Gasteiger partial charge in [-0.1, -0.05) is 12.1 Å². The number of aromatic amines is 1. The van der Waals surface area contributed by atoms with E-state index in [1.54, 1.807) is 17.7 Å². The lowest BCUT2D eigenvalue weighted by atomic mass is 10.0. The molecule has 0 aliphatic heterocycles. The van der Waals surface area contributed by atoms with Crippen LogP contribution in [0.15, 0.2) is 54.4 Å². The lowest BCUT2D eigenvalue weighted by Gasteiger charge is -2.05. The van der Waals surface area contributed by atoms with Crippen LogP contribution in [-0.2, 0) is 0 Å². The Hall–Kier alpha value is -1.95. The van der Waals surface area contributed by atoms with Gasteiger partial charge in [0.2, 0.25) is 0 Å². The Morgan fingerprint density at radius 3 is 2.64 bits per heavy atom. The average Bonchev–Trinajstić information content (AvgIpc) is 3.19. The fourth-order valence-corrected chi connectivity index (χ4v) is 2.99. The standard InChI is InChI=1S/C15H10N4S.2ClH/c1-2-14(20-5-1)15-12-6-10(11-7-18-19-8-11)3-4-13(12)16-9-17-15;;/h1-9H,(H,18,19);2*1H. The largest absolute Gasteiger partial charge is 0.285 e. The van der Waals surface area contributed by atoms with Crippen molar-refractivity contribution in [3.8, 4) is 21.7 Å². The molecule has 0 bridgehead atoms. The summed E-state index contributed by atoms with van der Waals surface area (Å²) in [4.78, 5) is 9.95. The fraction of sp³-hybridized carbons (Fsp3) is 0. The van der Waals surface area contributed by atoms with Gasteiger partial charge in [-0.25, -0.2) is 9.97 Å². The topological polar surface area (TPSA) is 54.5 Å². The first-order valence-corrected chi connectivity index (χ1v) is 7.07. The molecule has 4 nitrogen and oxygen atoms in total. The minimum atomic E-state index is 0. The molecule has 3 heterocycles. The second-order valence-electron chi connectivity index (χ2n) is 4.42. The molecule has 0 saturated carbocycles. The molecule has 4 rings (SSSR count). The van der Waals surface area contributed by atoms with Gasteiger partial charge in [-0.15, -0.1) is 36.2 Å². The van der Waals surface area contributed by atoms with Crippen molar-refractivity contribution >= 4 is 47.1 Å². The maximum absolute atomic E-state index is 4.45. The van der Waals surface area contributed by atoms with Gasteiger partial charge in [0, 0.05) is 17.1 Å². The number of aromatic nitrogens is 4. The first-order chi connectivity index (χ1) is 9.92. The molecule has 0 atom stereocenters. The molecule has 0 aliphatic carbocycles. The van der Waals surface area contributed by atoms with Crippen LogP contribution in [0.4, 0.5) is 0 Å². The van der Waals surface area contributed by atoms with Crippen LogP contribution >= 0.6 is 36.2 Å². The normalized spacial score (nSPS) is 10.0. The summed E-state index contributed by atoms with van der Waals surface area (Å²) in [5.74, 6) is 0. The third-order valence-corrected chi connectivity index (χ3v) is 4.10. The summed E-state index contributed by atoms with van der Waals surface area (Å²) in [6.45, 7) is 0. The summed E-state index contributed by atoms with van der Waals surface area (Å²) in [6.07, 6.45) is 5.32. The monoisotopic (exact) mass is 350 g/mol. The van der Waals surface area contributed by atoms with Crippen LogP contribution in [0.3, 0.4) is 0 Å². The van der Waals surface area contributed by atoms with Gasteiger partial charge in [-0.3, -0.25) is 5.10 Å². The maximum Gasteiger partial charge on any atom is 0.116 e. The van der Waals surface area contributed by atoms with E-state index in [1.807, 2.05) is 24.5 Å². The maximum atomic E-state index is 4.45. The van der Waals surface area contributed by atoms with Gasteiger partial charge in [0.05, 0.1) is 22.3 Å². The molecule has 0 aliphatic rings. The molecule has 22 heavy (non-hydrogen) atoms. The predicted molar refractivity (Wildman–Crippen MR) is 94.9 cm³/mol. The Kier molecular flexibility index (Phi) is 5.13. The summed E-state index contributed by atoms with van der Waals surface area (Å²) < 4.78 is 0. The van der Waals surface area contributed by atoms with Crippen LogP contribution in [0, 0.1) is 0 Å². The van der Waals surface area contributed by atoms with E-state index in [-0.39, 0.29) is 24.8 Å². The van der Waals surface area contributed by atoms with E-state index in [4.69, 9.17) is 0 Å². The predicted octanol–water partition coefficient (Wildman–Crippen LogP) is 4.59. The summed E-state index contributed by atoms with van der Waals surface area (Å²) in [5.41, 5.74) is 4.11. The molecule has 1 N–H and O–H groups in total. The van der Waals surface area contributed by atoms with Gasteiger partial charge in [0.25, 0.3) is 0 Å². The number of H-pyrrole nitrogens is 1. The molecule has 1 aromatic carbocycles. The Bertz CT molecular complexity index is 861. The molecular formula is C15H12Cl2N4S. The molecule has 4 aromatic rings. The molecule has 0 amide bonds. The molecule has 0 spiro atoms. The van der Waals surface area contributed by atoms with Crippen LogP contribution in [0.5, 0.6) is 0 Å². The minimum Gasteiger partial charge on any atom is -0.285 e. The number of fused-ring (bicyclic) bond motifs is 1. The van der Waals surface area contributed by atoms with E-state index < -0.39 is 0 Å². The van der Waals surface area contributed by atoms with E-state index in [1.165, 1.54) is 0 Å². The summed E-state index contributed by atoms with van der Waals surface area (Å²) in [7, 11) is 0. The van der Waals surface area contributed by atoms with Crippen molar-refractivity contribution < 1.29 is 0 Å². The zero-order valence-electron chi connectivity index (χ0n) is 11.3. The van der Waals surface area contributed by atoms with Crippen molar-refractivity contribution in [2.75, 3.05) is 0 Å². The average molecular weight is 351 g/mol. The van der Waals surface area contributed by atoms with Crippen molar-refractivity contribution in [3.63, 3.8) is 0 Å². The second-order valence-corrected chi connectivity index (χ2v) is 5.37. The van der Waals surface area contributed by atoms with Crippen LogP contribution < -0.4 is 0 Å². The Balaban J connectivity index is 0.000000882. The van der Waals surface area contributed by atoms with Gasteiger partial charge >= 0.3 is 0 Å². The Morgan fingerprint density at radius 1 is 1.00 bits per heavy atom. The number of thiophene rings is 1. The van der Waals surface area contributed by atoms with E-state index in [0.29, 0.717) is 0 Å². The van der Waals surface area contributed by atoms with Crippen molar-refractivity contribution in [2.45, 2.75) is 0 Å². The van der Waals surface area contributed by atoms with Crippen LogP contribution in [0.25, 0.3) is 32.6 Å². The number of benzene rings is 1. The second kappa shape index (κ2) is 6.87. The number of hydrogen-bond donors (Lipinski definition) is 1. The quantitative estimate of drug-likeness (QED) is 0.575. The van der Waals surface area contributed by atoms with E-state index in [2.05, 4.69) is 43.7 Å². The Morgan fingerprint density at radius 2 is 1.91 bits per heavy atom. The number of nitrogens with zero attached hydrogens (tertiary/aromatic N) is 3. The van der Waals surface area contributed by atoms with Gasteiger partial charge in [-0.05, 0) is 29.1 Å². The molecule has 0 radical (unpaired) electrons. The summed E-state index contributed by atoms with van der Waals surface area (Å²) in [5, 5.41) is 9.96. The van der Waals surface area contributed by atoms with Crippen molar-refractivity contribution in [2.24, 2.45) is 0 Å². The fourth-order valence-electron chi connectivity index (χ4n) is 2.25. The number of hydrogen-bond acceptors (Lipinski definition) is 4. The molecule has 3 aromatic heterocycles. The zero-order valence-corrected chi connectivity index (χ0v) is 13.7. The molecule has 0 unspecified atom stereocenters. The smallest absolute Gasteiger partial charge is 0.116 e. The first-order valence-electron chi connectivity index (χ1n) is 6.19. The van der Waals surface area contributed by atoms with Gasteiger partial charge < -0.3 is 0 Å². The SMILES string of the molecule is Cl.Cl.c1csc(-c2ncnc3ccc(-c4cn[nH]c4)cc23)c1. The van der Waals surface area contributed by atoms with Crippen molar-refractivity contribution in [1.82, 2.24) is 20.2 Å². The minimum absolute atomic E-state index is 0. The lowest BCUT2D eigenvalue weighted by molar-refractivity contribution is 1.09. The molecule has 112 valence electrons. The number of halogens is 2. The number of rotatable bonds is 2. The zero-order chi connectivity index (χ0) is 13.4. The lowest BCUT2D eigenvalue weighted by Crippen LogP contribution is -1.88. The van der Waals surface area contributed by atoms with Crippen molar-refractivity contribution in [1.29, 1.82) is 0 Å². The van der Waals surface area contributed by atoms with Crippen LogP contribution in [0.1, 0.15) is 0 Å². The van der Waals surface area contributed by atoms with Gasteiger partial charge in [0.1, 0.15) is 6.33 Å². The highest BCUT2D eigenvalue weighted by Gasteiger charge is 2.09. The molecule has 0 fully saturated rings. The highest BCUT2D eigenvalue weighted by atomic mass is 35.5. The van der Waals surface area contributed by atoms with Gasteiger partial charge in [-0.2, -0.15) is 5.10 Å². The number of nitrogens with one attached hydrogen (secondary N) is 1. The van der Waals surface area contributed by atoms with E-state index in [0.717, 1.165) is 32.6 Å². The summed E-state index contributed by atoms with van der Waals surface area (Å²) in [6, 6.07) is 10.3.